The van der Waals surface area contributed by atoms with Crippen molar-refractivity contribution < 1.29 is 0 Å². The van der Waals surface area contributed by atoms with E-state index in [1.54, 1.807) is 12.4 Å². The number of benzene rings is 1. The van der Waals surface area contributed by atoms with E-state index in [-0.39, 0.29) is 11.5 Å². The molecule has 6 heteroatoms. The van der Waals surface area contributed by atoms with E-state index in [4.69, 9.17) is 0 Å². The topological polar surface area (TPSA) is 72.7 Å². The van der Waals surface area contributed by atoms with E-state index in [2.05, 4.69) is 9.97 Å². The molecule has 6 nitrogen and oxygen atoms in total. The highest BCUT2D eigenvalue weighted by Gasteiger charge is 2.11. The van der Waals surface area contributed by atoms with Crippen molar-refractivity contribution in [2.75, 3.05) is 0 Å². The van der Waals surface area contributed by atoms with Gasteiger partial charge in [0.25, 0.3) is 5.56 Å². The molecule has 2 heterocycles. The number of imidazole rings is 1. The Morgan fingerprint density at radius 1 is 1.08 bits per heavy atom. The van der Waals surface area contributed by atoms with Crippen molar-refractivity contribution >= 4 is 0 Å². The molecule has 1 aromatic carbocycles. The van der Waals surface area contributed by atoms with Crippen LogP contribution in [0.1, 0.15) is 36.7 Å². The molecule has 0 aliphatic carbocycles. The normalized spacial score (nSPS) is 11.1. The van der Waals surface area contributed by atoms with Crippen LogP contribution < -0.4 is 11.2 Å². The van der Waals surface area contributed by atoms with Crippen molar-refractivity contribution in [3.8, 4) is 0 Å². The van der Waals surface area contributed by atoms with Gasteiger partial charge in [-0.25, -0.2) is 9.78 Å². The molecule has 3 rings (SSSR count). The number of nitrogens with one attached hydrogen (secondary N) is 1. The molecule has 124 valence electrons. The first-order chi connectivity index (χ1) is 11.5. The van der Waals surface area contributed by atoms with Gasteiger partial charge in [0.1, 0.15) is 5.82 Å². The van der Waals surface area contributed by atoms with Crippen LogP contribution in [0.15, 0.2) is 58.5 Å². The highest BCUT2D eigenvalue weighted by atomic mass is 16.2. The molecule has 0 aliphatic rings. The van der Waals surface area contributed by atoms with E-state index in [0.717, 1.165) is 11.4 Å². The van der Waals surface area contributed by atoms with Crippen LogP contribution >= 0.6 is 0 Å². The molecule has 0 amide bonds. The van der Waals surface area contributed by atoms with Crippen LogP contribution in [0, 0.1) is 0 Å². The van der Waals surface area contributed by atoms with Gasteiger partial charge < -0.3 is 4.57 Å². The molecule has 2 aromatic heterocycles. The number of rotatable bonds is 5. The number of H-pyrrole nitrogens is 1. The van der Waals surface area contributed by atoms with Crippen molar-refractivity contribution in [2.45, 2.75) is 32.9 Å². The summed E-state index contributed by atoms with van der Waals surface area (Å²) < 4.78 is 3.50. The zero-order chi connectivity index (χ0) is 17.1. The van der Waals surface area contributed by atoms with Gasteiger partial charge in [0.05, 0.1) is 6.54 Å². The standard InChI is InChI=1S/C18H20N4O2/c1-13(2)15-11-22(18(24)20-17(15)23)12-16-19-8-9-21(16)10-14-6-4-3-5-7-14/h3-9,11,13H,10,12H2,1-2H3,(H,20,23,24). The number of hydrogen-bond acceptors (Lipinski definition) is 3. The fourth-order valence-corrected chi connectivity index (χ4v) is 2.62. The highest BCUT2D eigenvalue weighted by Crippen LogP contribution is 2.09. The zero-order valence-electron chi connectivity index (χ0n) is 13.8. The SMILES string of the molecule is CC(C)c1cn(Cc2nccn2Cc2ccccc2)c(=O)[nH]c1=O. The minimum Gasteiger partial charge on any atom is -0.329 e. The lowest BCUT2D eigenvalue weighted by atomic mass is 10.1. The van der Waals surface area contributed by atoms with Crippen LogP contribution in [0.5, 0.6) is 0 Å². The summed E-state index contributed by atoms with van der Waals surface area (Å²) in [6.07, 6.45) is 5.24. The second-order valence-electron chi connectivity index (χ2n) is 6.08. The highest BCUT2D eigenvalue weighted by molar-refractivity contribution is 5.16. The van der Waals surface area contributed by atoms with E-state index in [1.807, 2.05) is 54.9 Å². The Hall–Kier alpha value is -2.89. The van der Waals surface area contributed by atoms with Gasteiger partial charge in [-0.3, -0.25) is 14.3 Å². The van der Waals surface area contributed by atoms with E-state index in [9.17, 15) is 9.59 Å². The molecular weight excluding hydrogens is 304 g/mol. The van der Waals surface area contributed by atoms with Gasteiger partial charge in [0.2, 0.25) is 0 Å². The average molecular weight is 324 g/mol. The maximum absolute atomic E-state index is 12.1. The van der Waals surface area contributed by atoms with Gasteiger partial charge in [-0.1, -0.05) is 44.2 Å². The lowest BCUT2D eigenvalue weighted by molar-refractivity contribution is 0.626. The van der Waals surface area contributed by atoms with E-state index in [0.29, 0.717) is 18.7 Å². The summed E-state index contributed by atoms with van der Waals surface area (Å²) in [4.78, 5) is 30.7. The first-order valence-electron chi connectivity index (χ1n) is 7.92. The summed E-state index contributed by atoms with van der Waals surface area (Å²) in [5, 5.41) is 0. The second-order valence-corrected chi connectivity index (χ2v) is 6.08. The Bertz CT molecular complexity index is 935. The molecule has 0 bridgehead atoms. The van der Waals surface area contributed by atoms with Gasteiger partial charge in [0, 0.05) is 30.7 Å². The third-order valence-electron chi connectivity index (χ3n) is 3.97. The molecule has 0 saturated heterocycles. The van der Waals surface area contributed by atoms with Crippen molar-refractivity contribution in [2.24, 2.45) is 0 Å². The van der Waals surface area contributed by atoms with Crippen LogP contribution in [-0.4, -0.2) is 19.1 Å². The summed E-state index contributed by atoms with van der Waals surface area (Å²) in [5.74, 6) is 0.812. The Labute approximate surface area is 139 Å². The fourth-order valence-electron chi connectivity index (χ4n) is 2.62. The first-order valence-corrected chi connectivity index (χ1v) is 7.92. The maximum Gasteiger partial charge on any atom is 0.328 e. The third kappa shape index (κ3) is 3.37. The van der Waals surface area contributed by atoms with E-state index in [1.165, 1.54) is 4.57 Å². The van der Waals surface area contributed by atoms with Gasteiger partial charge in [0.15, 0.2) is 0 Å². The third-order valence-corrected chi connectivity index (χ3v) is 3.97. The molecule has 0 unspecified atom stereocenters. The van der Waals surface area contributed by atoms with Gasteiger partial charge >= 0.3 is 5.69 Å². The predicted molar refractivity (Wildman–Crippen MR) is 92.3 cm³/mol. The Kier molecular flexibility index (Phi) is 4.46. The van der Waals surface area contributed by atoms with Crippen LogP contribution in [0.3, 0.4) is 0 Å². The number of aromatic nitrogens is 4. The van der Waals surface area contributed by atoms with Crippen LogP contribution in [-0.2, 0) is 13.1 Å². The molecule has 0 atom stereocenters. The molecule has 0 spiro atoms. The summed E-state index contributed by atoms with van der Waals surface area (Å²) >= 11 is 0. The summed E-state index contributed by atoms with van der Waals surface area (Å²) in [6, 6.07) is 10.1. The van der Waals surface area contributed by atoms with Gasteiger partial charge in [-0.05, 0) is 11.5 Å². The van der Waals surface area contributed by atoms with Gasteiger partial charge in [-0.2, -0.15) is 0 Å². The lowest BCUT2D eigenvalue weighted by Crippen LogP contribution is -2.33. The maximum atomic E-state index is 12.1. The number of aromatic amines is 1. The summed E-state index contributed by atoms with van der Waals surface area (Å²) in [6.45, 7) is 4.85. The minimum atomic E-state index is -0.418. The van der Waals surface area contributed by atoms with E-state index >= 15 is 0 Å². The largest absolute Gasteiger partial charge is 0.329 e. The first kappa shape index (κ1) is 16.0. The zero-order valence-corrected chi connectivity index (χ0v) is 13.8. The van der Waals surface area contributed by atoms with Crippen LogP contribution in [0.2, 0.25) is 0 Å². The number of nitrogens with zero attached hydrogens (tertiary/aromatic N) is 3. The quantitative estimate of drug-likeness (QED) is 0.779. The summed E-state index contributed by atoms with van der Waals surface area (Å²) in [5.41, 5.74) is 1.02. The van der Waals surface area contributed by atoms with Crippen molar-refractivity contribution in [3.05, 3.63) is 86.7 Å². The molecule has 0 aliphatic heterocycles. The fraction of sp³-hybridized carbons (Fsp3) is 0.278. The average Bonchev–Trinajstić information content (AvgIpc) is 2.97. The molecular formula is C18H20N4O2. The van der Waals surface area contributed by atoms with Crippen LogP contribution in [0.25, 0.3) is 0 Å². The molecule has 3 aromatic rings. The van der Waals surface area contributed by atoms with Crippen molar-refractivity contribution in [1.29, 1.82) is 0 Å². The predicted octanol–water partition coefficient (Wildman–Crippen LogP) is 1.95. The Morgan fingerprint density at radius 2 is 1.83 bits per heavy atom. The molecule has 0 radical (unpaired) electrons. The Balaban J connectivity index is 1.90. The number of hydrogen-bond donors (Lipinski definition) is 1. The second kappa shape index (κ2) is 6.70. The minimum absolute atomic E-state index is 0.0460. The van der Waals surface area contributed by atoms with Crippen LogP contribution in [0.4, 0.5) is 0 Å². The summed E-state index contributed by atoms with van der Waals surface area (Å²) in [7, 11) is 0. The van der Waals surface area contributed by atoms with Gasteiger partial charge in [-0.15, -0.1) is 0 Å². The molecule has 0 saturated carbocycles. The Morgan fingerprint density at radius 3 is 2.54 bits per heavy atom. The molecule has 0 fully saturated rings. The molecule has 1 N–H and O–H groups in total. The van der Waals surface area contributed by atoms with Crippen molar-refractivity contribution in [3.63, 3.8) is 0 Å². The lowest BCUT2D eigenvalue weighted by Gasteiger charge is -2.11. The van der Waals surface area contributed by atoms with Crippen molar-refractivity contribution in [1.82, 2.24) is 19.1 Å². The monoisotopic (exact) mass is 324 g/mol. The smallest absolute Gasteiger partial charge is 0.328 e. The molecule has 24 heavy (non-hydrogen) atoms. The van der Waals surface area contributed by atoms with E-state index < -0.39 is 5.69 Å².